The Bertz CT molecular complexity index is 654. The Morgan fingerprint density at radius 2 is 1.64 bits per heavy atom. The van der Waals surface area contributed by atoms with Crippen molar-refractivity contribution in [3.63, 3.8) is 0 Å². The molecule has 0 aromatic carbocycles. The molecule has 0 amide bonds. The minimum atomic E-state index is -0.710. The van der Waals surface area contributed by atoms with Gasteiger partial charge in [-0.3, -0.25) is 14.4 Å². The SMILES string of the molecule is CCC(C)(C)C(=O)OC1(CC(=O)OC23CC4CC(C2)C(=O)C(C4)C3)CCCC1. The molecule has 5 rings (SSSR count). The molecule has 2 unspecified atom stereocenters. The highest BCUT2D eigenvalue weighted by atomic mass is 16.6. The van der Waals surface area contributed by atoms with Crippen molar-refractivity contribution >= 4 is 17.7 Å². The zero-order chi connectivity index (χ0) is 20.2. The van der Waals surface area contributed by atoms with Crippen molar-refractivity contribution in [1.82, 2.24) is 0 Å². The minimum Gasteiger partial charge on any atom is -0.459 e. The van der Waals surface area contributed by atoms with E-state index in [-0.39, 0.29) is 30.2 Å². The minimum absolute atomic E-state index is 0.0858. The number of carbonyl (C=O) groups excluding carboxylic acids is 3. The lowest BCUT2D eigenvalue weighted by molar-refractivity contribution is -0.196. The molecule has 0 aromatic heterocycles. The average molecular weight is 391 g/mol. The summed E-state index contributed by atoms with van der Waals surface area (Å²) in [6, 6.07) is 0. The summed E-state index contributed by atoms with van der Waals surface area (Å²) >= 11 is 0. The number of hydrogen-bond acceptors (Lipinski definition) is 5. The van der Waals surface area contributed by atoms with Gasteiger partial charge in [-0.05, 0) is 84.0 Å². The van der Waals surface area contributed by atoms with Crippen molar-refractivity contribution in [2.75, 3.05) is 0 Å². The molecule has 4 bridgehead atoms. The predicted molar refractivity (Wildman–Crippen MR) is 103 cm³/mol. The van der Waals surface area contributed by atoms with E-state index in [9.17, 15) is 14.4 Å². The first-order valence-corrected chi connectivity index (χ1v) is 11.1. The van der Waals surface area contributed by atoms with Gasteiger partial charge >= 0.3 is 11.9 Å². The lowest BCUT2D eigenvalue weighted by atomic mass is 9.53. The van der Waals surface area contributed by atoms with Crippen molar-refractivity contribution in [2.45, 2.75) is 103 Å². The Kier molecular flexibility index (Phi) is 4.86. The van der Waals surface area contributed by atoms with E-state index >= 15 is 0 Å². The molecule has 0 N–H and O–H groups in total. The molecule has 5 heteroatoms. The van der Waals surface area contributed by atoms with Crippen LogP contribution in [0.15, 0.2) is 0 Å². The van der Waals surface area contributed by atoms with E-state index in [0.29, 0.717) is 31.0 Å². The highest BCUT2D eigenvalue weighted by Gasteiger charge is 2.57. The Morgan fingerprint density at radius 1 is 1.04 bits per heavy atom. The molecule has 0 aliphatic heterocycles. The largest absolute Gasteiger partial charge is 0.459 e. The topological polar surface area (TPSA) is 69.7 Å². The highest BCUT2D eigenvalue weighted by molar-refractivity contribution is 5.86. The van der Waals surface area contributed by atoms with Crippen LogP contribution in [0.1, 0.15) is 91.4 Å². The lowest BCUT2D eigenvalue weighted by Gasteiger charge is -2.54. The van der Waals surface area contributed by atoms with Gasteiger partial charge in [0.2, 0.25) is 0 Å². The highest BCUT2D eigenvalue weighted by Crippen LogP contribution is 2.56. The molecule has 5 aliphatic rings. The molecule has 5 aliphatic carbocycles. The second-order valence-electron chi connectivity index (χ2n) is 10.6. The van der Waals surface area contributed by atoms with Gasteiger partial charge in [-0.2, -0.15) is 0 Å². The van der Waals surface area contributed by atoms with E-state index in [1.54, 1.807) is 0 Å². The normalized spacial score (nSPS) is 35.8. The fourth-order valence-corrected chi connectivity index (χ4v) is 6.15. The number of ketones is 1. The summed E-state index contributed by atoms with van der Waals surface area (Å²) in [5, 5.41) is 0. The van der Waals surface area contributed by atoms with Crippen LogP contribution < -0.4 is 0 Å². The Labute approximate surface area is 167 Å². The second-order valence-corrected chi connectivity index (χ2v) is 10.6. The maximum absolute atomic E-state index is 13.0. The summed E-state index contributed by atoms with van der Waals surface area (Å²) in [6.45, 7) is 5.76. The van der Waals surface area contributed by atoms with Gasteiger partial charge in [-0.25, -0.2) is 0 Å². The molecule has 5 fully saturated rings. The Balaban J connectivity index is 1.43. The van der Waals surface area contributed by atoms with E-state index < -0.39 is 16.6 Å². The quantitative estimate of drug-likeness (QED) is 0.630. The van der Waals surface area contributed by atoms with Gasteiger partial charge in [-0.1, -0.05) is 6.92 Å². The Morgan fingerprint density at radius 3 is 2.21 bits per heavy atom. The summed E-state index contributed by atoms with van der Waals surface area (Å²) in [7, 11) is 0. The standard InChI is InChI=1S/C23H34O5/c1-4-21(2,3)20(26)28-22(7-5-6-8-22)14-18(24)27-23-11-15-9-16(12-23)19(25)17(10-15)13-23/h15-17H,4-14H2,1-3H3. The van der Waals surface area contributed by atoms with Crippen molar-refractivity contribution < 1.29 is 23.9 Å². The summed E-state index contributed by atoms with van der Waals surface area (Å²) in [6.07, 6.45) is 8.49. The first-order chi connectivity index (χ1) is 13.2. The summed E-state index contributed by atoms with van der Waals surface area (Å²) in [5.74, 6) is 0.617. The van der Waals surface area contributed by atoms with Crippen LogP contribution in [0.3, 0.4) is 0 Å². The molecular weight excluding hydrogens is 356 g/mol. The monoisotopic (exact) mass is 390 g/mol. The van der Waals surface area contributed by atoms with Crippen molar-refractivity contribution in [1.29, 1.82) is 0 Å². The molecule has 5 saturated carbocycles. The van der Waals surface area contributed by atoms with Gasteiger partial charge in [0.25, 0.3) is 0 Å². The van der Waals surface area contributed by atoms with Crippen LogP contribution in [0.2, 0.25) is 0 Å². The zero-order valence-corrected chi connectivity index (χ0v) is 17.6. The van der Waals surface area contributed by atoms with Crippen LogP contribution >= 0.6 is 0 Å². The van der Waals surface area contributed by atoms with Crippen LogP contribution in [0.4, 0.5) is 0 Å². The van der Waals surface area contributed by atoms with Gasteiger partial charge in [0.15, 0.2) is 0 Å². The van der Waals surface area contributed by atoms with Gasteiger partial charge in [0, 0.05) is 11.8 Å². The van der Waals surface area contributed by atoms with Gasteiger partial charge in [0.1, 0.15) is 17.0 Å². The number of carbonyl (C=O) groups is 3. The fraction of sp³-hybridized carbons (Fsp3) is 0.870. The number of ether oxygens (including phenoxy) is 2. The van der Waals surface area contributed by atoms with Crippen LogP contribution in [-0.4, -0.2) is 28.9 Å². The number of esters is 2. The third kappa shape index (κ3) is 3.50. The molecular formula is C23H34O5. The summed E-state index contributed by atoms with van der Waals surface area (Å²) in [4.78, 5) is 38.0. The maximum atomic E-state index is 13.0. The molecule has 0 radical (unpaired) electrons. The molecule has 0 spiro atoms. The van der Waals surface area contributed by atoms with Crippen molar-refractivity contribution in [3.05, 3.63) is 0 Å². The average Bonchev–Trinajstić information content (AvgIpc) is 3.06. The molecule has 28 heavy (non-hydrogen) atoms. The first kappa shape index (κ1) is 19.9. The number of Topliss-reactive ketones (excluding diaryl/α,β-unsaturated/α-hetero) is 1. The number of hydrogen-bond donors (Lipinski definition) is 0. The molecule has 2 atom stereocenters. The van der Waals surface area contributed by atoms with E-state index in [4.69, 9.17) is 9.47 Å². The smallest absolute Gasteiger partial charge is 0.312 e. The van der Waals surface area contributed by atoms with Gasteiger partial charge in [-0.15, -0.1) is 0 Å². The molecule has 0 aromatic rings. The molecule has 0 heterocycles. The summed E-state index contributed by atoms with van der Waals surface area (Å²) < 4.78 is 12.1. The third-order valence-corrected chi connectivity index (χ3v) is 8.00. The van der Waals surface area contributed by atoms with Crippen molar-refractivity contribution in [2.24, 2.45) is 23.2 Å². The molecule has 0 saturated heterocycles. The molecule has 5 nitrogen and oxygen atoms in total. The van der Waals surface area contributed by atoms with E-state index in [2.05, 4.69) is 0 Å². The van der Waals surface area contributed by atoms with Crippen LogP contribution in [-0.2, 0) is 23.9 Å². The fourth-order valence-electron chi connectivity index (χ4n) is 6.15. The third-order valence-electron chi connectivity index (χ3n) is 8.00. The molecule has 156 valence electrons. The maximum Gasteiger partial charge on any atom is 0.312 e. The first-order valence-electron chi connectivity index (χ1n) is 11.1. The van der Waals surface area contributed by atoms with E-state index in [1.165, 1.54) is 0 Å². The van der Waals surface area contributed by atoms with Crippen LogP contribution in [0.25, 0.3) is 0 Å². The number of rotatable bonds is 6. The van der Waals surface area contributed by atoms with Crippen molar-refractivity contribution in [3.8, 4) is 0 Å². The van der Waals surface area contributed by atoms with E-state index in [0.717, 1.165) is 44.9 Å². The van der Waals surface area contributed by atoms with Crippen LogP contribution in [0, 0.1) is 23.2 Å². The Hall–Kier alpha value is -1.39. The lowest BCUT2D eigenvalue weighted by Crippen LogP contribution is -2.57. The predicted octanol–water partition coefficient (Wildman–Crippen LogP) is 4.36. The van der Waals surface area contributed by atoms with Gasteiger partial charge in [0.05, 0.1) is 11.8 Å². The van der Waals surface area contributed by atoms with Crippen LogP contribution in [0.5, 0.6) is 0 Å². The second kappa shape index (κ2) is 6.84. The van der Waals surface area contributed by atoms with E-state index in [1.807, 2.05) is 20.8 Å². The zero-order valence-electron chi connectivity index (χ0n) is 17.6. The van der Waals surface area contributed by atoms with Gasteiger partial charge < -0.3 is 9.47 Å². The summed E-state index contributed by atoms with van der Waals surface area (Å²) in [5.41, 5.74) is -1.70.